The van der Waals surface area contributed by atoms with Gasteiger partial charge in [-0.1, -0.05) is 310 Å². The van der Waals surface area contributed by atoms with Crippen LogP contribution in [0.1, 0.15) is 342 Å². The third-order valence-electron chi connectivity index (χ3n) is 15.2. The summed E-state index contributed by atoms with van der Waals surface area (Å²) in [6, 6.07) is 0. The summed E-state index contributed by atoms with van der Waals surface area (Å²) < 4.78 is 17.0. The monoisotopic (exact) mass is 1150 g/mol. The van der Waals surface area contributed by atoms with E-state index in [4.69, 9.17) is 14.2 Å². The average Bonchev–Trinajstić information content (AvgIpc) is 3.49. The molecule has 0 aliphatic heterocycles. The molecule has 0 amide bonds. The standard InChI is InChI=1S/C77H132O6/c1-4-7-10-13-16-19-22-25-27-29-31-33-35-37-38-40-41-43-45-47-49-52-55-58-61-64-67-70-76(79)82-73-74(72-81-75(78)69-66-63-60-57-54-51-24-21-18-15-12-9-6-3)83-77(80)71-68-65-62-59-56-53-50-48-46-44-42-39-36-34-32-30-28-26-23-20-17-14-11-8-5-2/h7,9-10,12,16,18-19,21,23,25-27,30-33,51,54,74H,4-6,8,11,13-15,17,20,22,24,28-29,34-50,52-53,55-73H2,1-3H3/b10-7-,12-9-,19-16-,21-18-,26-23-,27-25-,32-30-,33-31-,54-51-. The van der Waals surface area contributed by atoms with Crippen molar-refractivity contribution in [2.75, 3.05) is 13.2 Å². The largest absolute Gasteiger partial charge is 0.462 e. The zero-order chi connectivity index (χ0) is 59.9. The second-order valence-electron chi connectivity index (χ2n) is 23.4. The van der Waals surface area contributed by atoms with Gasteiger partial charge in [0.15, 0.2) is 6.10 Å². The predicted molar refractivity (Wildman–Crippen MR) is 362 cm³/mol. The molecule has 0 aromatic rings. The Morgan fingerprint density at radius 3 is 0.747 bits per heavy atom. The van der Waals surface area contributed by atoms with E-state index in [0.29, 0.717) is 19.3 Å². The van der Waals surface area contributed by atoms with E-state index >= 15 is 0 Å². The van der Waals surface area contributed by atoms with Gasteiger partial charge in [-0.05, 0) is 122 Å². The Labute approximate surface area is 514 Å². The van der Waals surface area contributed by atoms with Gasteiger partial charge in [0.05, 0.1) is 0 Å². The number of allylic oxidation sites excluding steroid dienone is 18. The molecule has 0 N–H and O–H groups in total. The number of esters is 3. The van der Waals surface area contributed by atoms with Gasteiger partial charge < -0.3 is 14.2 Å². The molecule has 0 aromatic carbocycles. The third kappa shape index (κ3) is 68.7. The van der Waals surface area contributed by atoms with Crippen molar-refractivity contribution in [1.29, 1.82) is 0 Å². The zero-order valence-electron chi connectivity index (χ0n) is 54.7. The highest BCUT2D eigenvalue weighted by Crippen LogP contribution is 2.17. The Balaban J connectivity index is 4.27. The summed E-state index contributed by atoms with van der Waals surface area (Å²) in [4.78, 5) is 38.4. The molecular formula is C77H132O6. The molecule has 1 unspecified atom stereocenters. The summed E-state index contributed by atoms with van der Waals surface area (Å²) in [7, 11) is 0. The molecule has 0 spiro atoms. The van der Waals surface area contributed by atoms with Crippen LogP contribution in [0.25, 0.3) is 0 Å². The summed E-state index contributed by atoms with van der Waals surface area (Å²) in [6.45, 7) is 6.41. The molecule has 0 aromatic heterocycles. The van der Waals surface area contributed by atoms with Gasteiger partial charge in [-0.15, -0.1) is 0 Å². The Bertz CT molecular complexity index is 1660. The smallest absolute Gasteiger partial charge is 0.306 e. The van der Waals surface area contributed by atoms with E-state index in [1.165, 1.54) is 186 Å². The van der Waals surface area contributed by atoms with Crippen LogP contribution in [0.3, 0.4) is 0 Å². The number of ether oxygens (including phenoxy) is 3. The summed E-state index contributed by atoms with van der Waals surface area (Å²) in [6.07, 6.45) is 96.9. The molecule has 0 aliphatic rings. The van der Waals surface area contributed by atoms with Crippen LogP contribution in [-0.4, -0.2) is 37.2 Å². The van der Waals surface area contributed by atoms with Gasteiger partial charge in [0.2, 0.25) is 0 Å². The summed E-state index contributed by atoms with van der Waals surface area (Å²) in [5, 5.41) is 0. The predicted octanol–water partition coefficient (Wildman–Crippen LogP) is 24.6. The van der Waals surface area contributed by atoms with Crippen molar-refractivity contribution in [2.45, 2.75) is 348 Å². The molecule has 0 saturated heterocycles. The topological polar surface area (TPSA) is 78.9 Å². The summed E-state index contributed by atoms with van der Waals surface area (Å²) in [5.74, 6) is -0.905. The Hall–Kier alpha value is -3.93. The van der Waals surface area contributed by atoms with Crippen LogP contribution in [0.15, 0.2) is 109 Å². The molecule has 0 bridgehead atoms. The van der Waals surface area contributed by atoms with Crippen molar-refractivity contribution < 1.29 is 28.6 Å². The van der Waals surface area contributed by atoms with Crippen molar-refractivity contribution >= 4 is 17.9 Å². The van der Waals surface area contributed by atoms with Crippen molar-refractivity contribution in [3.63, 3.8) is 0 Å². The molecule has 6 heteroatoms. The highest BCUT2D eigenvalue weighted by atomic mass is 16.6. The van der Waals surface area contributed by atoms with Gasteiger partial charge in [0.25, 0.3) is 0 Å². The SMILES string of the molecule is CC/C=C\C/C=C\C/C=C\C/C=C\CCCCCCCCCCCCCCCCC(=O)OCC(COC(=O)CCCCC/C=C\C/C=C\C/C=C\CC)OC(=O)CCCCCCCCCCCCCCC/C=C\C/C=C\CCCCCCC. The van der Waals surface area contributed by atoms with E-state index in [1.54, 1.807) is 0 Å². The lowest BCUT2D eigenvalue weighted by atomic mass is 10.0. The minimum Gasteiger partial charge on any atom is -0.462 e. The van der Waals surface area contributed by atoms with Crippen molar-refractivity contribution in [2.24, 2.45) is 0 Å². The average molecular weight is 1150 g/mol. The Kier molecular flexibility index (Phi) is 67.2. The van der Waals surface area contributed by atoms with E-state index < -0.39 is 6.10 Å². The van der Waals surface area contributed by atoms with E-state index in [-0.39, 0.29) is 31.1 Å². The molecule has 1 atom stereocenters. The Morgan fingerprint density at radius 1 is 0.253 bits per heavy atom. The molecule has 0 fully saturated rings. The molecule has 83 heavy (non-hydrogen) atoms. The molecule has 0 rings (SSSR count). The van der Waals surface area contributed by atoms with Crippen LogP contribution in [0.4, 0.5) is 0 Å². The fraction of sp³-hybridized carbons (Fsp3) is 0.727. The lowest BCUT2D eigenvalue weighted by Crippen LogP contribution is -2.30. The number of hydrogen-bond donors (Lipinski definition) is 0. The number of unbranched alkanes of at least 4 members (excludes halogenated alkanes) is 35. The van der Waals surface area contributed by atoms with Gasteiger partial charge in [0, 0.05) is 19.3 Å². The highest BCUT2D eigenvalue weighted by Gasteiger charge is 2.19. The summed E-state index contributed by atoms with van der Waals surface area (Å²) >= 11 is 0. The first kappa shape index (κ1) is 79.1. The van der Waals surface area contributed by atoms with Gasteiger partial charge in [-0.2, -0.15) is 0 Å². The van der Waals surface area contributed by atoms with Crippen molar-refractivity contribution in [3.8, 4) is 0 Å². The minimum atomic E-state index is -0.793. The maximum atomic E-state index is 13.0. The van der Waals surface area contributed by atoms with Crippen molar-refractivity contribution in [1.82, 2.24) is 0 Å². The molecule has 476 valence electrons. The fourth-order valence-corrected chi connectivity index (χ4v) is 10.0. The first-order valence-electron chi connectivity index (χ1n) is 35.4. The number of carbonyl (C=O) groups excluding carboxylic acids is 3. The normalized spacial score (nSPS) is 12.8. The molecular weight excluding hydrogens is 1020 g/mol. The zero-order valence-corrected chi connectivity index (χ0v) is 54.7. The Morgan fingerprint density at radius 2 is 0.470 bits per heavy atom. The van der Waals surface area contributed by atoms with Gasteiger partial charge in [-0.25, -0.2) is 0 Å². The first-order chi connectivity index (χ1) is 41.0. The van der Waals surface area contributed by atoms with Crippen LogP contribution in [-0.2, 0) is 28.6 Å². The van der Waals surface area contributed by atoms with Gasteiger partial charge >= 0.3 is 17.9 Å². The molecule has 6 nitrogen and oxygen atoms in total. The molecule has 0 radical (unpaired) electrons. The van der Waals surface area contributed by atoms with Crippen LogP contribution < -0.4 is 0 Å². The highest BCUT2D eigenvalue weighted by molar-refractivity contribution is 5.71. The lowest BCUT2D eigenvalue weighted by Gasteiger charge is -2.18. The van der Waals surface area contributed by atoms with Crippen LogP contribution in [0, 0.1) is 0 Å². The first-order valence-corrected chi connectivity index (χ1v) is 35.4. The summed E-state index contributed by atoms with van der Waals surface area (Å²) in [5.41, 5.74) is 0. The number of rotatable bonds is 64. The minimum absolute atomic E-state index is 0.0866. The van der Waals surface area contributed by atoms with E-state index in [1.807, 2.05) is 0 Å². The van der Waals surface area contributed by atoms with Crippen LogP contribution in [0.2, 0.25) is 0 Å². The molecule has 0 heterocycles. The molecule has 0 saturated carbocycles. The van der Waals surface area contributed by atoms with E-state index in [9.17, 15) is 14.4 Å². The van der Waals surface area contributed by atoms with Crippen LogP contribution in [0.5, 0.6) is 0 Å². The fourth-order valence-electron chi connectivity index (χ4n) is 10.0. The third-order valence-corrected chi connectivity index (χ3v) is 15.2. The van der Waals surface area contributed by atoms with Crippen molar-refractivity contribution in [3.05, 3.63) is 109 Å². The van der Waals surface area contributed by atoms with Crippen LogP contribution >= 0.6 is 0 Å². The second kappa shape index (κ2) is 70.6. The molecule has 0 aliphatic carbocycles. The number of carbonyl (C=O) groups is 3. The quantitative estimate of drug-likeness (QED) is 0.0261. The second-order valence-corrected chi connectivity index (χ2v) is 23.4. The lowest BCUT2D eigenvalue weighted by molar-refractivity contribution is -0.167. The number of hydrogen-bond acceptors (Lipinski definition) is 6. The maximum Gasteiger partial charge on any atom is 0.306 e. The van der Waals surface area contributed by atoms with E-state index in [2.05, 4.69) is 130 Å². The van der Waals surface area contributed by atoms with E-state index in [0.717, 1.165) is 116 Å². The maximum absolute atomic E-state index is 13.0. The van der Waals surface area contributed by atoms with Gasteiger partial charge in [-0.3, -0.25) is 14.4 Å². The van der Waals surface area contributed by atoms with Gasteiger partial charge in [0.1, 0.15) is 13.2 Å².